The minimum atomic E-state index is 0.232. The maximum absolute atomic E-state index is 10.9. The van der Waals surface area contributed by atoms with Gasteiger partial charge in [-0.05, 0) is 63.3 Å². The fraction of sp³-hybridized carbons (Fsp3) is 0.389. The fourth-order valence-corrected chi connectivity index (χ4v) is 2.37. The number of carbonyl (C=O) groups is 1. The largest absolute Gasteiger partial charge is 0.300 e. The highest BCUT2D eigenvalue weighted by Crippen LogP contribution is 2.27. The van der Waals surface area contributed by atoms with Gasteiger partial charge in [-0.25, -0.2) is 0 Å². The molecule has 0 heterocycles. The Labute approximate surface area is 127 Å². The van der Waals surface area contributed by atoms with Gasteiger partial charge in [0.25, 0.3) is 0 Å². The fourth-order valence-electron chi connectivity index (χ4n) is 2.22. The third-order valence-corrected chi connectivity index (χ3v) is 3.99. The van der Waals surface area contributed by atoms with E-state index in [1.807, 2.05) is 6.92 Å². The molecule has 0 saturated carbocycles. The zero-order valence-corrected chi connectivity index (χ0v) is 13.8. The monoisotopic (exact) mass is 290 g/mol. The van der Waals surface area contributed by atoms with Gasteiger partial charge in [-0.3, -0.25) is 0 Å². The second-order valence-electron chi connectivity index (χ2n) is 5.39. The molecule has 1 aromatic carbocycles. The Morgan fingerprint density at radius 3 is 2.45 bits per heavy atom. The van der Waals surface area contributed by atoms with Gasteiger partial charge >= 0.3 is 0 Å². The predicted octanol–water partition coefficient (Wildman–Crippen LogP) is 5.59. The van der Waals surface area contributed by atoms with Gasteiger partial charge < -0.3 is 4.79 Å². The Balaban J connectivity index is 2.91. The molecule has 1 aromatic rings. The van der Waals surface area contributed by atoms with Gasteiger partial charge in [0.1, 0.15) is 5.78 Å². The minimum Gasteiger partial charge on any atom is -0.300 e. The molecule has 1 rings (SSSR count). The quantitative estimate of drug-likeness (QED) is 0.646. The van der Waals surface area contributed by atoms with Crippen molar-refractivity contribution in [1.82, 2.24) is 0 Å². The maximum Gasteiger partial charge on any atom is 0.130 e. The molecular formula is C18H23ClO. The number of Topliss-reactive ketones (excluding diaryl/α,β-unsaturated/α-hetero) is 1. The van der Waals surface area contributed by atoms with Crippen LogP contribution in [0.5, 0.6) is 0 Å². The normalized spacial score (nSPS) is 12.2. The lowest BCUT2D eigenvalue weighted by molar-refractivity contribution is -0.116. The van der Waals surface area contributed by atoms with E-state index in [0.29, 0.717) is 6.42 Å². The van der Waals surface area contributed by atoms with Crippen molar-refractivity contribution in [1.29, 1.82) is 0 Å². The standard InChI is InChI=1S/C18H23ClO/c1-12(7-6-8-15(4)20)9-10-17-13(2)11-14(3)18(19)16(17)5/h7,9-11H,6,8H2,1-5H3/b10-9+,12-7+. The third-order valence-electron chi connectivity index (χ3n) is 3.41. The molecule has 0 unspecified atom stereocenters. The number of benzene rings is 1. The third kappa shape index (κ3) is 4.64. The van der Waals surface area contributed by atoms with E-state index in [1.165, 1.54) is 16.7 Å². The Hall–Kier alpha value is -1.34. The lowest BCUT2D eigenvalue weighted by Crippen LogP contribution is -1.91. The molecule has 0 spiro atoms. The van der Waals surface area contributed by atoms with Crippen LogP contribution in [0.25, 0.3) is 6.08 Å². The Morgan fingerprint density at radius 1 is 1.20 bits per heavy atom. The number of aryl methyl sites for hydroxylation is 2. The summed E-state index contributed by atoms with van der Waals surface area (Å²) in [4.78, 5) is 10.9. The SMILES string of the molecule is CC(=O)CC/C=C(C)/C=C/c1c(C)cc(C)c(Cl)c1C. The van der Waals surface area contributed by atoms with E-state index in [2.05, 4.69) is 45.1 Å². The number of ketones is 1. The first-order valence-electron chi connectivity index (χ1n) is 6.93. The predicted molar refractivity (Wildman–Crippen MR) is 88.4 cm³/mol. The highest BCUT2D eigenvalue weighted by Gasteiger charge is 2.06. The number of rotatable bonds is 5. The zero-order chi connectivity index (χ0) is 15.3. The number of hydrogen-bond acceptors (Lipinski definition) is 1. The van der Waals surface area contributed by atoms with Crippen LogP contribution in [-0.4, -0.2) is 5.78 Å². The van der Waals surface area contributed by atoms with E-state index < -0.39 is 0 Å². The van der Waals surface area contributed by atoms with Crippen molar-refractivity contribution in [2.45, 2.75) is 47.5 Å². The van der Waals surface area contributed by atoms with Crippen molar-refractivity contribution in [3.05, 3.63) is 51.1 Å². The molecule has 0 bridgehead atoms. The summed E-state index contributed by atoms with van der Waals surface area (Å²) < 4.78 is 0. The molecule has 0 saturated heterocycles. The highest BCUT2D eigenvalue weighted by molar-refractivity contribution is 6.32. The second kappa shape index (κ2) is 7.44. The molecular weight excluding hydrogens is 268 g/mol. The van der Waals surface area contributed by atoms with Crippen LogP contribution in [-0.2, 0) is 4.79 Å². The highest BCUT2D eigenvalue weighted by atomic mass is 35.5. The topological polar surface area (TPSA) is 17.1 Å². The van der Waals surface area contributed by atoms with Gasteiger partial charge in [-0.15, -0.1) is 0 Å². The summed E-state index contributed by atoms with van der Waals surface area (Å²) in [6, 6.07) is 2.11. The molecule has 20 heavy (non-hydrogen) atoms. The molecule has 108 valence electrons. The van der Waals surface area contributed by atoms with Crippen LogP contribution in [0.2, 0.25) is 5.02 Å². The molecule has 0 N–H and O–H groups in total. The van der Waals surface area contributed by atoms with Crippen LogP contribution in [0.3, 0.4) is 0 Å². The molecule has 0 aliphatic carbocycles. The lowest BCUT2D eigenvalue weighted by atomic mass is 9.98. The number of halogens is 1. The number of hydrogen-bond donors (Lipinski definition) is 0. The van der Waals surface area contributed by atoms with E-state index >= 15 is 0 Å². The minimum absolute atomic E-state index is 0.232. The molecule has 2 heteroatoms. The van der Waals surface area contributed by atoms with Crippen molar-refractivity contribution < 1.29 is 4.79 Å². The van der Waals surface area contributed by atoms with Crippen LogP contribution in [0, 0.1) is 20.8 Å². The average Bonchev–Trinajstić information content (AvgIpc) is 2.35. The van der Waals surface area contributed by atoms with E-state index in [1.54, 1.807) is 6.92 Å². The summed E-state index contributed by atoms with van der Waals surface area (Å²) in [6.45, 7) is 9.86. The van der Waals surface area contributed by atoms with Gasteiger partial charge in [0.2, 0.25) is 0 Å². The summed E-state index contributed by atoms with van der Waals surface area (Å²) in [5.74, 6) is 0.232. The molecule has 0 fully saturated rings. The van der Waals surface area contributed by atoms with Crippen molar-refractivity contribution in [3.8, 4) is 0 Å². The van der Waals surface area contributed by atoms with Crippen LogP contribution in [0.1, 0.15) is 48.9 Å². The first-order valence-corrected chi connectivity index (χ1v) is 7.31. The summed E-state index contributed by atoms with van der Waals surface area (Å²) in [5.41, 5.74) is 5.82. The van der Waals surface area contributed by atoms with E-state index in [-0.39, 0.29) is 5.78 Å². The molecule has 1 nitrogen and oxygen atoms in total. The van der Waals surface area contributed by atoms with E-state index in [0.717, 1.165) is 22.6 Å². The zero-order valence-electron chi connectivity index (χ0n) is 13.0. The van der Waals surface area contributed by atoms with Gasteiger partial charge in [-0.2, -0.15) is 0 Å². The summed E-state index contributed by atoms with van der Waals surface area (Å²) >= 11 is 6.30. The molecule has 0 radical (unpaired) electrons. The smallest absolute Gasteiger partial charge is 0.130 e. The summed E-state index contributed by atoms with van der Waals surface area (Å²) in [6.07, 6.45) is 7.70. The molecule has 0 aliphatic rings. The van der Waals surface area contributed by atoms with Crippen LogP contribution < -0.4 is 0 Å². The van der Waals surface area contributed by atoms with E-state index in [9.17, 15) is 4.79 Å². The molecule has 0 atom stereocenters. The van der Waals surface area contributed by atoms with Crippen LogP contribution in [0.15, 0.2) is 23.8 Å². The molecule has 0 aliphatic heterocycles. The summed E-state index contributed by atoms with van der Waals surface area (Å²) in [7, 11) is 0. The molecule has 0 amide bonds. The second-order valence-corrected chi connectivity index (χ2v) is 5.76. The van der Waals surface area contributed by atoms with Crippen LogP contribution >= 0.6 is 11.6 Å². The van der Waals surface area contributed by atoms with Crippen molar-refractivity contribution in [2.75, 3.05) is 0 Å². The Bertz CT molecular complexity index is 565. The van der Waals surface area contributed by atoms with Gasteiger partial charge in [-0.1, -0.05) is 41.5 Å². The van der Waals surface area contributed by atoms with E-state index in [4.69, 9.17) is 11.6 Å². The summed E-state index contributed by atoms with van der Waals surface area (Å²) in [5, 5.41) is 0.841. The Morgan fingerprint density at radius 2 is 1.85 bits per heavy atom. The lowest BCUT2D eigenvalue weighted by Gasteiger charge is -2.10. The first kappa shape index (κ1) is 16.7. The first-order chi connectivity index (χ1) is 9.32. The van der Waals surface area contributed by atoms with Crippen LogP contribution in [0.4, 0.5) is 0 Å². The maximum atomic E-state index is 10.9. The van der Waals surface area contributed by atoms with Gasteiger partial charge in [0.15, 0.2) is 0 Å². The number of allylic oxidation sites excluding steroid dienone is 3. The number of carbonyl (C=O) groups excluding carboxylic acids is 1. The van der Waals surface area contributed by atoms with Crippen molar-refractivity contribution in [3.63, 3.8) is 0 Å². The van der Waals surface area contributed by atoms with Crippen molar-refractivity contribution in [2.24, 2.45) is 0 Å². The Kier molecular flexibility index (Phi) is 6.22. The average molecular weight is 291 g/mol. The molecule has 0 aromatic heterocycles. The van der Waals surface area contributed by atoms with Gasteiger partial charge in [0, 0.05) is 11.4 Å². The van der Waals surface area contributed by atoms with Crippen molar-refractivity contribution >= 4 is 23.5 Å². The van der Waals surface area contributed by atoms with Gasteiger partial charge in [0.05, 0.1) is 0 Å².